The summed E-state index contributed by atoms with van der Waals surface area (Å²) in [6.45, 7) is 8.83. The minimum Gasteiger partial charge on any atom is -0.466 e. The zero-order valence-electron chi connectivity index (χ0n) is 25.3. The number of carbonyl (C=O) groups excluding carboxylic acids is 2. The molecule has 1 N–H and O–H groups in total. The fraction of sp³-hybridized carbons (Fsp3) is 0.938. The molecular weight excluding hydrogens is 478 g/mol. The van der Waals surface area contributed by atoms with Crippen LogP contribution < -0.4 is 0 Å². The monoisotopic (exact) mass is 541 g/mol. The Labute approximate surface area is 235 Å². The van der Waals surface area contributed by atoms with Crippen LogP contribution in [0.1, 0.15) is 155 Å². The largest absolute Gasteiger partial charge is 0.466 e. The molecular formula is C32H63NO5. The van der Waals surface area contributed by atoms with Crippen LogP contribution in [-0.4, -0.2) is 61.4 Å². The molecule has 0 unspecified atom stereocenters. The first-order valence-electron chi connectivity index (χ1n) is 16.3. The molecule has 0 aromatic carbocycles. The molecule has 6 heteroatoms. The van der Waals surface area contributed by atoms with Crippen molar-refractivity contribution in [1.29, 1.82) is 0 Å². The van der Waals surface area contributed by atoms with Gasteiger partial charge in [0.15, 0.2) is 0 Å². The third-order valence-corrected chi connectivity index (χ3v) is 7.11. The van der Waals surface area contributed by atoms with Crippen LogP contribution in [0.25, 0.3) is 0 Å². The molecule has 0 heterocycles. The smallest absolute Gasteiger partial charge is 0.305 e. The number of carbonyl (C=O) groups is 2. The molecule has 0 rings (SSSR count). The number of unbranched alkanes of at least 4 members (excludes halogenated alkanes) is 15. The Balaban J connectivity index is 3.98. The van der Waals surface area contributed by atoms with E-state index in [9.17, 15) is 9.59 Å². The summed E-state index contributed by atoms with van der Waals surface area (Å²) in [4.78, 5) is 26.5. The van der Waals surface area contributed by atoms with Crippen LogP contribution in [-0.2, 0) is 19.1 Å². The van der Waals surface area contributed by atoms with E-state index in [0.717, 1.165) is 96.7 Å². The fourth-order valence-corrected chi connectivity index (χ4v) is 4.63. The van der Waals surface area contributed by atoms with Crippen molar-refractivity contribution in [2.45, 2.75) is 155 Å². The normalized spacial score (nSPS) is 11.3. The second-order valence-corrected chi connectivity index (χ2v) is 10.9. The van der Waals surface area contributed by atoms with Gasteiger partial charge < -0.3 is 19.5 Å². The van der Waals surface area contributed by atoms with E-state index < -0.39 is 0 Å². The molecule has 0 spiro atoms. The first-order valence-corrected chi connectivity index (χ1v) is 16.3. The highest BCUT2D eigenvalue weighted by Gasteiger charge is 2.09. The molecule has 0 radical (unpaired) electrons. The Bertz CT molecular complexity index is 476. The van der Waals surface area contributed by atoms with Gasteiger partial charge in [0, 0.05) is 19.4 Å². The summed E-state index contributed by atoms with van der Waals surface area (Å²) in [5.41, 5.74) is 0. The van der Waals surface area contributed by atoms with Crippen LogP contribution in [0.5, 0.6) is 0 Å². The molecule has 226 valence electrons. The summed E-state index contributed by atoms with van der Waals surface area (Å²) in [5.74, 6) is -0.123. The number of aliphatic hydroxyl groups excluding tert-OH is 1. The van der Waals surface area contributed by atoms with Gasteiger partial charge in [-0.1, -0.05) is 90.9 Å². The molecule has 0 saturated carbocycles. The van der Waals surface area contributed by atoms with Crippen LogP contribution in [0.15, 0.2) is 0 Å². The molecule has 0 amide bonds. The summed E-state index contributed by atoms with van der Waals surface area (Å²) in [6, 6.07) is 0. The van der Waals surface area contributed by atoms with E-state index in [1.165, 1.54) is 51.4 Å². The number of esters is 2. The van der Waals surface area contributed by atoms with Crippen LogP contribution in [0, 0.1) is 0 Å². The molecule has 0 saturated heterocycles. The number of aliphatic hydroxyl groups is 1. The minimum atomic E-state index is -0.0615. The molecule has 0 aromatic rings. The average Bonchev–Trinajstić information content (AvgIpc) is 2.91. The summed E-state index contributed by atoms with van der Waals surface area (Å²) in [6.07, 6.45) is 23.3. The lowest BCUT2D eigenvalue weighted by Crippen LogP contribution is -2.27. The van der Waals surface area contributed by atoms with Gasteiger partial charge in [0.2, 0.25) is 0 Å². The Morgan fingerprint density at radius 3 is 1.32 bits per heavy atom. The summed E-state index contributed by atoms with van der Waals surface area (Å²) in [5, 5.41) is 8.99. The molecule has 0 aliphatic heterocycles. The van der Waals surface area contributed by atoms with E-state index in [1.807, 2.05) is 0 Å². The lowest BCUT2D eigenvalue weighted by atomic mass is 10.1. The Kier molecular flexibility index (Phi) is 29.5. The van der Waals surface area contributed by atoms with E-state index >= 15 is 0 Å². The van der Waals surface area contributed by atoms with Crippen molar-refractivity contribution in [3.63, 3.8) is 0 Å². The van der Waals surface area contributed by atoms with Crippen molar-refractivity contribution in [1.82, 2.24) is 4.90 Å². The van der Waals surface area contributed by atoms with Gasteiger partial charge in [0.05, 0.1) is 13.2 Å². The van der Waals surface area contributed by atoms with Crippen molar-refractivity contribution in [3.05, 3.63) is 0 Å². The van der Waals surface area contributed by atoms with E-state index in [2.05, 4.69) is 18.7 Å². The summed E-state index contributed by atoms with van der Waals surface area (Å²) < 4.78 is 10.8. The maximum Gasteiger partial charge on any atom is 0.305 e. The number of hydrogen-bond donors (Lipinski definition) is 1. The molecule has 0 bridgehead atoms. The number of rotatable bonds is 30. The highest BCUT2D eigenvalue weighted by molar-refractivity contribution is 5.69. The van der Waals surface area contributed by atoms with Gasteiger partial charge in [-0.3, -0.25) is 9.59 Å². The quantitative estimate of drug-likeness (QED) is 0.0733. The van der Waals surface area contributed by atoms with Crippen molar-refractivity contribution in [2.24, 2.45) is 0 Å². The fourth-order valence-electron chi connectivity index (χ4n) is 4.63. The van der Waals surface area contributed by atoms with Gasteiger partial charge in [-0.2, -0.15) is 0 Å². The lowest BCUT2D eigenvalue weighted by Gasteiger charge is -2.22. The maximum atomic E-state index is 12.0. The number of ether oxygens (including phenoxy) is 2. The first-order chi connectivity index (χ1) is 18.6. The third kappa shape index (κ3) is 27.9. The van der Waals surface area contributed by atoms with E-state index in [0.29, 0.717) is 26.1 Å². The zero-order chi connectivity index (χ0) is 27.9. The molecule has 0 aliphatic carbocycles. The second-order valence-electron chi connectivity index (χ2n) is 10.9. The standard InChI is InChI=1S/C32H63NO5/c1-3-5-7-9-13-21-29-37-31(35)23-15-18-26-33(25-17-11-12-20-28-34)27-19-16-24-32(36)38-30-22-14-10-8-6-4-2/h34H,3-30H2,1-2H3. The van der Waals surface area contributed by atoms with Crippen molar-refractivity contribution in [3.8, 4) is 0 Å². The van der Waals surface area contributed by atoms with Gasteiger partial charge in [-0.05, 0) is 71.0 Å². The maximum absolute atomic E-state index is 12.0. The minimum absolute atomic E-state index is 0.0615. The second kappa shape index (κ2) is 30.4. The summed E-state index contributed by atoms with van der Waals surface area (Å²) >= 11 is 0. The van der Waals surface area contributed by atoms with Crippen LogP contribution >= 0.6 is 0 Å². The highest BCUT2D eigenvalue weighted by Crippen LogP contribution is 2.10. The number of hydrogen-bond acceptors (Lipinski definition) is 6. The molecule has 0 fully saturated rings. The van der Waals surface area contributed by atoms with Crippen LogP contribution in [0.3, 0.4) is 0 Å². The predicted octanol–water partition coefficient (Wildman–Crippen LogP) is 7.99. The van der Waals surface area contributed by atoms with Gasteiger partial charge in [0.25, 0.3) is 0 Å². The zero-order valence-corrected chi connectivity index (χ0v) is 25.3. The van der Waals surface area contributed by atoms with Crippen LogP contribution in [0.2, 0.25) is 0 Å². The average molecular weight is 542 g/mol. The molecule has 0 aliphatic rings. The third-order valence-electron chi connectivity index (χ3n) is 7.11. The lowest BCUT2D eigenvalue weighted by molar-refractivity contribution is -0.144. The molecule has 38 heavy (non-hydrogen) atoms. The van der Waals surface area contributed by atoms with Gasteiger partial charge in [-0.25, -0.2) is 0 Å². The SMILES string of the molecule is CCCCCCCCOC(=O)CCCCN(CCCCCCO)CCCCC(=O)OCCCCCCCC. The number of nitrogens with zero attached hydrogens (tertiary/aromatic N) is 1. The molecule has 0 atom stereocenters. The Morgan fingerprint density at radius 2 is 0.868 bits per heavy atom. The van der Waals surface area contributed by atoms with E-state index in [-0.39, 0.29) is 18.5 Å². The van der Waals surface area contributed by atoms with E-state index in [1.54, 1.807) is 0 Å². The van der Waals surface area contributed by atoms with Crippen LogP contribution in [0.4, 0.5) is 0 Å². The topological polar surface area (TPSA) is 76.1 Å². The predicted molar refractivity (Wildman–Crippen MR) is 158 cm³/mol. The first kappa shape index (κ1) is 36.9. The highest BCUT2D eigenvalue weighted by atomic mass is 16.5. The van der Waals surface area contributed by atoms with Gasteiger partial charge >= 0.3 is 11.9 Å². The van der Waals surface area contributed by atoms with Crippen molar-refractivity contribution >= 4 is 11.9 Å². The van der Waals surface area contributed by atoms with Gasteiger partial charge in [0.1, 0.15) is 0 Å². The molecule has 0 aromatic heterocycles. The van der Waals surface area contributed by atoms with E-state index in [4.69, 9.17) is 14.6 Å². The Hall–Kier alpha value is -1.14. The van der Waals surface area contributed by atoms with Crippen molar-refractivity contribution < 1.29 is 24.2 Å². The van der Waals surface area contributed by atoms with Gasteiger partial charge in [-0.15, -0.1) is 0 Å². The molecule has 6 nitrogen and oxygen atoms in total. The Morgan fingerprint density at radius 1 is 0.500 bits per heavy atom. The van der Waals surface area contributed by atoms with Crippen molar-refractivity contribution in [2.75, 3.05) is 39.5 Å². The summed E-state index contributed by atoms with van der Waals surface area (Å²) in [7, 11) is 0.